The van der Waals surface area contributed by atoms with Crippen LogP contribution in [0.4, 0.5) is 0 Å². The number of ether oxygens (including phenoxy) is 8. The van der Waals surface area contributed by atoms with E-state index in [9.17, 15) is 86.2 Å². The van der Waals surface area contributed by atoms with Gasteiger partial charge in [0, 0.05) is 6.92 Å². The second-order valence-corrected chi connectivity index (χ2v) is 14.3. The van der Waals surface area contributed by atoms with Gasteiger partial charge in [-0.15, -0.1) is 0 Å². The van der Waals surface area contributed by atoms with E-state index in [4.69, 9.17) is 37.9 Å². The minimum atomic E-state index is -2.22. The molecule has 16 N–H and O–H groups in total. The molecule has 4 heterocycles. The number of nitrogens with one attached hydrogen (secondary N) is 1. The van der Waals surface area contributed by atoms with E-state index in [-0.39, 0.29) is 6.29 Å². The summed E-state index contributed by atoms with van der Waals surface area (Å²) in [5, 5.41) is 159. The SMILES string of the molecule is CC(=O)N[C@@H]1C(O[C@@H]2O[C@H](CO)[C@H](O)[C@H](O)C2O[C@@H]2O[C@@H](C)[C@@H](O)[C@@H](O)[C@@H]2O)[C@H](O)[C@@H](CO)O[C@H]1O[C@H]1[C@@H](O)[C@@H](CO)O[C@@H](O[C@@H]([C@H](O)[C@@H](O)C=O)[C@H](O)CO)[C@@H]1O. The molecule has 24 atom stereocenters. The molecular formula is C32H55NO25. The van der Waals surface area contributed by atoms with Crippen LogP contribution in [-0.4, -0.2) is 262 Å². The summed E-state index contributed by atoms with van der Waals surface area (Å²) >= 11 is 0. The third kappa shape index (κ3) is 10.6. The van der Waals surface area contributed by atoms with Crippen LogP contribution in [-0.2, 0) is 47.5 Å². The third-order valence-corrected chi connectivity index (χ3v) is 10.2. The highest BCUT2D eigenvalue weighted by atomic mass is 16.8. The van der Waals surface area contributed by atoms with Crippen molar-refractivity contribution in [3.05, 3.63) is 0 Å². The number of carbonyl (C=O) groups excluding carboxylic acids is 2. The molecule has 4 aliphatic heterocycles. The molecule has 1 amide bonds. The molecule has 0 aliphatic carbocycles. The number of rotatable bonds is 17. The average molecular weight is 854 g/mol. The molecule has 0 aromatic carbocycles. The minimum Gasteiger partial charge on any atom is -0.394 e. The first-order chi connectivity index (χ1) is 27.3. The first-order valence-corrected chi connectivity index (χ1v) is 18.2. The van der Waals surface area contributed by atoms with E-state index in [1.165, 1.54) is 6.92 Å². The van der Waals surface area contributed by atoms with Crippen molar-refractivity contribution < 1.29 is 124 Å². The molecule has 0 saturated carbocycles. The molecule has 0 bridgehead atoms. The fourth-order valence-electron chi connectivity index (χ4n) is 6.89. The lowest BCUT2D eigenvalue weighted by molar-refractivity contribution is -0.387. The molecule has 4 saturated heterocycles. The maximum absolute atomic E-state index is 12.6. The number of aliphatic hydroxyl groups is 15. The second kappa shape index (κ2) is 21.3. The molecular weight excluding hydrogens is 798 g/mol. The highest BCUT2D eigenvalue weighted by molar-refractivity contribution is 5.73. The lowest BCUT2D eigenvalue weighted by Crippen LogP contribution is -2.70. The van der Waals surface area contributed by atoms with Crippen LogP contribution in [0, 0.1) is 0 Å². The van der Waals surface area contributed by atoms with E-state index >= 15 is 0 Å². The third-order valence-electron chi connectivity index (χ3n) is 10.2. The lowest BCUT2D eigenvalue weighted by Gasteiger charge is -2.50. The van der Waals surface area contributed by atoms with Crippen LogP contribution in [0.1, 0.15) is 13.8 Å². The first-order valence-electron chi connectivity index (χ1n) is 18.2. The van der Waals surface area contributed by atoms with Gasteiger partial charge in [0.1, 0.15) is 116 Å². The molecule has 26 heteroatoms. The monoisotopic (exact) mass is 853 g/mol. The zero-order chi connectivity index (χ0) is 43.3. The molecule has 0 radical (unpaired) electrons. The predicted molar refractivity (Wildman–Crippen MR) is 178 cm³/mol. The van der Waals surface area contributed by atoms with Gasteiger partial charge >= 0.3 is 0 Å². The quantitative estimate of drug-likeness (QED) is 0.0604. The summed E-state index contributed by atoms with van der Waals surface area (Å²) in [4.78, 5) is 23.7. The molecule has 26 nitrogen and oxygen atoms in total. The molecule has 4 rings (SSSR count). The summed E-state index contributed by atoms with van der Waals surface area (Å²) in [7, 11) is 0. The Kier molecular flexibility index (Phi) is 18.0. The van der Waals surface area contributed by atoms with Crippen molar-refractivity contribution in [3.63, 3.8) is 0 Å². The van der Waals surface area contributed by atoms with E-state index in [1.807, 2.05) is 0 Å². The van der Waals surface area contributed by atoms with Crippen LogP contribution in [0.2, 0.25) is 0 Å². The molecule has 4 aliphatic rings. The van der Waals surface area contributed by atoms with Crippen molar-refractivity contribution in [2.24, 2.45) is 0 Å². The minimum absolute atomic E-state index is 0.120. The molecule has 4 fully saturated rings. The van der Waals surface area contributed by atoms with E-state index in [0.29, 0.717) is 0 Å². The Bertz CT molecular complexity index is 1290. The molecule has 0 spiro atoms. The van der Waals surface area contributed by atoms with Crippen molar-refractivity contribution >= 4 is 12.2 Å². The second-order valence-electron chi connectivity index (χ2n) is 14.3. The number of carbonyl (C=O) groups is 2. The van der Waals surface area contributed by atoms with Crippen LogP contribution >= 0.6 is 0 Å². The van der Waals surface area contributed by atoms with Gasteiger partial charge in [0.2, 0.25) is 5.91 Å². The summed E-state index contributed by atoms with van der Waals surface area (Å²) in [6.45, 7) is -1.71. The van der Waals surface area contributed by atoms with Crippen molar-refractivity contribution in [2.45, 2.75) is 161 Å². The largest absolute Gasteiger partial charge is 0.394 e. The van der Waals surface area contributed by atoms with Gasteiger partial charge in [0.15, 0.2) is 31.4 Å². The number of aldehydes is 1. The number of amides is 1. The Morgan fingerprint density at radius 3 is 1.69 bits per heavy atom. The van der Waals surface area contributed by atoms with Gasteiger partial charge in [-0.3, -0.25) is 4.79 Å². The number of hydrogen-bond acceptors (Lipinski definition) is 25. The van der Waals surface area contributed by atoms with Crippen LogP contribution in [0.25, 0.3) is 0 Å². The van der Waals surface area contributed by atoms with Gasteiger partial charge in [0.05, 0.1) is 32.5 Å². The zero-order valence-corrected chi connectivity index (χ0v) is 31.1. The van der Waals surface area contributed by atoms with Crippen LogP contribution < -0.4 is 5.32 Å². The van der Waals surface area contributed by atoms with Gasteiger partial charge in [-0.2, -0.15) is 0 Å². The Morgan fingerprint density at radius 1 is 0.621 bits per heavy atom. The van der Waals surface area contributed by atoms with Crippen LogP contribution in [0.5, 0.6) is 0 Å². The van der Waals surface area contributed by atoms with E-state index < -0.39 is 180 Å². The average Bonchev–Trinajstić information content (AvgIpc) is 3.20. The Balaban J connectivity index is 1.68. The number of aliphatic hydroxyl groups excluding tert-OH is 15. The van der Waals surface area contributed by atoms with Gasteiger partial charge in [-0.05, 0) is 6.92 Å². The Morgan fingerprint density at radius 2 is 1.14 bits per heavy atom. The smallest absolute Gasteiger partial charge is 0.217 e. The molecule has 338 valence electrons. The molecule has 2 unspecified atom stereocenters. The highest BCUT2D eigenvalue weighted by Crippen LogP contribution is 2.35. The van der Waals surface area contributed by atoms with E-state index in [1.54, 1.807) is 0 Å². The van der Waals surface area contributed by atoms with Gasteiger partial charge in [0.25, 0.3) is 0 Å². The molecule has 0 aromatic rings. The lowest BCUT2D eigenvalue weighted by atomic mass is 9.94. The maximum Gasteiger partial charge on any atom is 0.217 e. The summed E-state index contributed by atoms with van der Waals surface area (Å²) < 4.78 is 45.3. The van der Waals surface area contributed by atoms with Crippen molar-refractivity contribution in [2.75, 3.05) is 26.4 Å². The zero-order valence-electron chi connectivity index (χ0n) is 31.1. The van der Waals surface area contributed by atoms with Crippen LogP contribution in [0.3, 0.4) is 0 Å². The van der Waals surface area contributed by atoms with Gasteiger partial charge in [-0.25, -0.2) is 0 Å². The van der Waals surface area contributed by atoms with E-state index in [0.717, 1.165) is 6.92 Å². The van der Waals surface area contributed by atoms with Crippen molar-refractivity contribution in [3.8, 4) is 0 Å². The topological polar surface area (TPSA) is 423 Å². The van der Waals surface area contributed by atoms with Gasteiger partial charge < -0.3 is 125 Å². The highest BCUT2D eigenvalue weighted by Gasteiger charge is 2.56. The number of hydrogen-bond donors (Lipinski definition) is 16. The molecule has 0 aromatic heterocycles. The first kappa shape index (κ1) is 48.9. The van der Waals surface area contributed by atoms with Crippen molar-refractivity contribution in [1.29, 1.82) is 0 Å². The Hall–Kier alpha value is -1.78. The normalized spacial score (nSPS) is 45.8. The predicted octanol–water partition coefficient (Wildman–Crippen LogP) is -10.9. The van der Waals surface area contributed by atoms with E-state index in [2.05, 4.69) is 5.32 Å². The summed E-state index contributed by atoms with van der Waals surface area (Å²) in [5.41, 5.74) is 0. The summed E-state index contributed by atoms with van der Waals surface area (Å²) in [6, 6.07) is -1.76. The summed E-state index contributed by atoms with van der Waals surface area (Å²) in [6.07, 6.45) is -43.8. The fraction of sp³-hybridized carbons (Fsp3) is 0.938. The van der Waals surface area contributed by atoms with Gasteiger partial charge in [-0.1, -0.05) is 0 Å². The molecule has 58 heavy (non-hydrogen) atoms. The summed E-state index contributed by atoms with van der Waals surface area (Å²) in [5.74, 6) is -0.849. The maximum atomic E-state index is 12.6. The van der Waals surface area contributed by atoms with Crippen LogP contribution in [0.15, 0.2) is 0 Å². The Labute approximate surface area is 329 Å². The van der Waals surface area contributed by atoms with Crippen molar-refractivity contribution in [1.82, 2.24) is 5.32 Å². The standard InChI is InChI=1S/C32H55NO25/c1-8-16(42)21(47)23(49)30(51-8)58-28-22(48)18(44)12(5-36)54-32(28)56-26-15(33-9(2)39)29(52-13(6-37)19(26)45)57-27-20(46)14(7-38)53-31(24(27)50)55-25(11(41)4-35)17(43)10(40)3-34/h3,8,10-32,35-38,40-50H,4-7H2,1-2H3,(H,33,39)/t8-,10-,11+,12+,13+,14+,15+,16+,17+,18-,19+,20-,21+,22-,23-,24+,25+,26?,27-,28?,29-,30-,31-,32-/m0/s1. The fourth-order valence-corrected chi connectivity index (χ4v) is 6.89.